The van der Waals surface area contributed by atoms with Gasteiger partial charge in [-0.25, -0.2) is 8.42 Å². The molecule has 0 saturated carbocycles. The summed E-state index contributed by atoms with van der Waals surface area (Å²) in [5, 5.41) is 0. The number of para-hydroxylation sites is 2. The predicted octanol–water partition coefficient (Wildman–Crippen LogP) is 1.49. The van der Waals surface area contributed by atoms with Gasteiger partial charge in [-0.05, 0) is 25.0 Å². The number of ether oxygens (including phenoxy) is 2. The second-order valence-electron chi connectivity index (χ2n) is 4.24. The summed E-state index contributed by atoms with van der Waals surface area (Å²) in [5.74, 6) is 0.886. The van der Waals surface area contributed by atoms with Gasteiger partial charge in [0.25, 0.3) is 0 Å². The Morgan fingerprint density at radius 1 is 1.11 bits per heavy atom. The van der Waals surface area contributed by atoms with E-state index >= 15 is 0 Å². The molecule has 0 amide bonds. The van der Waals surface area contributed by atoms with Gasteiger partial charge in [0.1, 0.15) is 5.75 Å². The van der Waals surface area contributed by atoms with Crippen molar-refractivity contribution in [3.8, 4) is 5.75 Å². The molecule has 1 aromatic carbocycles. The smallest absolute Gasteiger partial charge is 0.150 e. The summed E-state index contributed by atoms with van der Waals surface area (Å²) in [6.07, 6.45) is 0.995. The number of nitrogens with two attached hydrogens (primary N) is 1. The zero-order valence-electron chi connectivity index (χ0n) is 11.2. The molecule has 0 saturated heterocycles. The lowest BCUT2D eigenvalue weighted by atomic mass is 10.3. The second-order valence-corrected chi connectivity index (χ2v) is 6.54. The number of anilines is 1. The van der Waals surface area contributed by atoms with Crippen molar-refractivity contribution < 1.29 is 17.9 Å². The van der Waals surface area contributed by atoms with E-state index in [1.165, 1.54) is 0 Å². The molecule has 0 atom stereocenters. The van der Waals surface area contributed by atoms with Crippen molar-refractivity contribution in [3.05, 3.63) is 24.3 Å². The Labute approximate surface area is 114 Å². The van der Waals surface area contributed by atoms with Crippen molar-refractivity contribution in [3.63, 3.8) is 0 Å². The number of methoxy groups -OCH3 is 1. The van der Waals surface area contributed by atoms with Crippen molar-refractivity contribution in [1.29, 1.82) is 0 Å². The molecule has 0 aliphatic carbocycles. The summed E-state index contributed by atoms with van der Waals surface area (Å²) < 4.78 is 33.6. The monoisotopic (exact) mass is 287 g/mol. The molecule has 0 unspecified atom stereocenters. The molecular weight excluding hydrogens is 266 g/mol. The maximum atomic E-state index is 11.6. The van der Waals surface area contributed by atoms with E-state index in [1.54, 1.807) is 19.2 Å². The summed E-state index contributed by atoms with van der Waals surface area (Å²) in [6.45, 7) is 0.813. The number of hydrogen-bond donors (Lipinski definition) is 1. The second kappa shape index (κ2) is 8.01. The minimum absolute atomic E-state index is 0.128. The van der Waals surface area contributed by atoms with Crippen molar-refractivity contribution in [2.45, 2.75) is 12.8 Å². The van der Waals surface area contributed by atoms with E-state index in [-0.39, 0.29) is 11.5 Å². The third kappa shape index (κ3) is 6.45. The maximum Gasteiger partial charge on any atom is 0.150 e. The molecule has 0 aromatic heterocycles. The first-order chi connectivity index (χ1) is 9.05. The van der Waals surface area contributed by atoms with Gasteiger partial charge >= 0.3 is 0 Å². The maximum absolute atomic E-state index is 11.6. The third-order valence-electron chi connectivity index (χ3n) is 2.58. The lowest BCUT2D eigenvalue weighted by molar-refractivity contribution is 0.199. The van der Waals surface area contributed by atoms with Crippen LogP contribution < -0.4 is 10.5 Å². The van der Waals surface area contributed by atoms with E-state index in [0.29, 0.717) is 37.5 Å². The fourth-order valence-corrected chi connectivity index (χ4v) is 2.92. The quantitative estimate of drug-likeness (QED) is 0.550. The molecule has 6 heteroatoms. The summed E-state index contributed by atoms with van der Waals surface area (Å²) in [6, 6.07) is 7.16. The molecule has 2 N–H and O–H groups in total. The van der Waals surface area contributed by atoms with Gasteiger partial charge in [-0.1, -0.05) is 12.1 Å². The number of rotatable bonds is 9. The highest BCUT2D eigenvalue weighted by Gasteiger charge is 2.10. The minimum atomic E-state index is -3.01. The molecule has 108 valence electrons. The van der Waals surface area contributed by atoms with Crippen LogP contribution in [0.1, 0.15) is 12.8 Å². The number of hydrogen-bond acceptors (Lipinski definition) is 5. The summed E-state index contributed by atoms with van der Waals surface area (Å²) in [7, 11) is -1.45. The van der Waals surface area contributed by atoms with Gasteiger partial charge in [0.15, 0.2) is 9.84 Å². The molecule has 0 fully saturated rings. The van der Waals surface area contributed by atoms with E-state index in [2.05, 4.69) is 0 Å². The first-order valence-corrected chi connectivity index (χ1v) is 8.04. The van der Waals surface area contributed by atoms with Crippen LogP contribution in [0.15, 0.2) is 24.3 Å². The largest absolute Gasteiger partial charge is 0.491 e. The average Bonchev–Trinajstić information content (AvgIpc) is 2.37. The minimum Gasteiger partial charge on any atom is -0.491 e. The van der Waals surface area contributed by atoms with Gasteiger partial charge in [-0.15, -0.1) is 0 Å². The number of nitrogen functional groups attached to an aromatic ring is 1. The Bertz CT molecular complexity index is 473. The van der Waals surface area contributed by atoms with Gasteiger partial charge in [0.2, 0.25) is 0 Å². The van der Waals surface area contributed by atoms with E-state index in [0.717, 1.165) is 0 Å². The molecule has 0 aliphatic rings. The summed E-state index contributed by atoms with van der Waals surface area (Å²) >= 11 is 0. The van der Waals surface area contributed by atoms with Crippen LogP contribution in [0.3, 0.4) is 0 Å². The summed E-state index contributed by atoms with van der Waals surface area (Å²) in [4.78, 5) is 0. The van der Waals surface area contributed by atoms with E-state index in [4.69, 9.17) is 15.2 Å². The van der Waals surface area contributed by atoms with Crippen LogP contribution in [0.25, 0.3) is 0 Å². The molecule has 0 aliphatic heterocycles. The lowest BCUT2D eigenvalue weighted by Crippen LogP contribution is -2.15. The highest BCUT2D eigenvalue weighted by Crippen LogP contribution is 2.19. The Hall–Kier alpha value is -1.27. The molecule has 0 bridgehead atoms. The Morgan fingerprint density at radius 3 is 2.37 bits per heavy atom. The molecular formula is C13H21NO4S. The van der Waals surface area contributed by atoms with Crippen LogP contribution in [-0.2, 0) is 14.6 Å². The van der Waals surface area contributed by atoms with Gasteiger partial charge in [0.05, 0.1) is 23.8 Å². The van der Waals surface area contributed by atoms with E-state index < -0.39 is 9.84 Å². The first kappa shape index (κ1) is 15.8. The lowest BCUT2D eigenvalue weighted by Gasteiger charge is -2.08. The van der Waals surface area contributed by atoms with Crippen LogP contribution in [0.4, 0.5) is 5.69 Å². The Morgan fingerprint density at radius 2 is 1.74 bits per heavy atom. The fraction of sp³-hybridized carbons (Fsp3) is 0.538. The third-order valence-corrected chi connectivity index (χ3v) is 4.40. The molecule has 1 rings (SSSR count). The summed E-state index contributed by atoms with van der Waals surface area (Å²) in [5.41, 5.74) is 6.27. The van der Waals surface area contributed by atoms with Crippen LogP contribution in [0.2, 0.25) is 0 Å². The van der Waals surface area contributed by atoms with Crippen molar-refractivity contribution in [1.82, 2.24) is 0 Å². The zero-order valence-corrected chi connectivity index (χ0v) is 12.0. The van der Waals surface area contributed by atoms with Crippen LogP contribution in [0.5, 0.6) is 5.75 Å². The number of benzene rings is 1. The Kier molecular flexibility index (Phi) is 6.66. The van der Waals surface area contributed by atoms with Crippen molar-refractivity contribution >= 4 is 15.5 Å². The van der Waals surface area contributed by atoms with E-state index in [9.17, 15) is 8.42 Å². The van der Waals surface area contributed by atoms with Crippen molar-refractivity contribution in [2.75, 3.05) is 37.6 Å². The van der Waals surface area contributed by atoms with Gasteiger partial charge in [0, 0.05) is 13.7 Å². The molecule has 0 radical (unpaired) electrons. The molecule has 19 heavy (non-hydrogen) atoms. The molecule has 5 nitrogen and oxygen atoms in total. The van der Waals surface area contributed by atoms with E-state index in [1.807, 2.05) is 12.1 Å². The normalized spacial score (nSPS) is 11.4. The standard InChI is InChI=1S/C13H21NO4S/c1-17-8-4-10-19(15,16)11-5-9-18-13-7-3-2-6-12(13)14/h2-3,6-7H,4-5,8-11,14H2,1H3. The highest BCUT2D eigenvalue weighted by molar-refractivity contribution is 7.91. The zero-order chi connectivity index (χ0) is 14.1. The average molecular weight is 287 g/mol. The SMILES string of the molecule is COCCCS(=O)(=O)CCCOc1ccccc1N. The highest BCUT2D eigenvalue weighted by atomic mass is 32.2. The van der Waals surface area contributed by atoms with Gasteiger partial charge in [-0.2, -0.15) is 0 Å². The Balaban J connectivity index is 2.25. The van der Waals surface area contributed by atoms with Crippen LogP contribution in [-0.4, -0.2) is 40.2 Å². The van der Waals surface area contributed by atoms with Crippen LogP contribution in [0, 0.1) is 0 Å². The first-order valence-electron chi connectivity index (χ1n) is 6.22. The molecule has 0 spiro atoms. The fourth-order valence-electron chi connectivity index (χ4n) is 1.60. The van der Waals surface area contributed by atoms with Crippen molar-refractivity contribution in [2.24, 2.45) is 0 Å². The predicted molar refractivity (Wildman–Crippen MR) is 76.1 cm³/mol. The number of sulfone groups is 1. The van der Waals surface area contributed by atoms with Crippen LogP contribution >= 0.6 is 0 Å². The van der Waals surface area contributed by atoms with Gasteiger partial charge < -0.3 is 15.2 Å². The molecule has 0 heterocycles. The topological polar surface area (TPSA) is 78.6 Å². The van der Waals surface area contributed by atoms with Gasteiger partial charge in [-0.3, -0.25) is 0 Å². The molecule has 1 aromatic rings.